The molecule has 0 N–H and O–H groups in total. The molecule has 1 aromatic heterocycles. The van der Waals surface area contributed by atoms with E-state index in [0.29, 0.717) is 0 Å². The van der Waals surface area contributed by atoms with E-state index in [4.69, 9.17) is 0 Å². The topological polar surface area (TPSA) is 8.17 Å². The lowest BCUT2D eigenvalue weighted by Gasteiger charge is -2.32. The van der Waals surface area contributed by atoms with Crippen molar-refractivity contribution in [1.82, 2.24) is 4.57 Å². The molecule has 0 fully saturated rings. The Morgan fingerprint density at radius 2 is 1.04 bits per heavy atom. The van der Waals surface area contributed by atoms with Gasteiger partial charge >= 0.3 is 0 Å². The van der Waals surface area contributed by atoms with E-state index in [1.165, 1.54) is 94.0 Å². The van der Waals surface area contributed by atoms with Gasteiger partial charge in [0.15, 0.2) is 0 Å². The number of fused-ring (bicyclic) bond motifs is 12. The fourth-order valence-corrected chi connectivity index (χ4v) is 10.3. The number of para-hydroxylation sites is 3. The number of hydrogen-bond acceptors (Lipinski definition) is 1. The van der Waals surface area contributed by atoms with E-state index in [1.54, 1.807) is 0 Å². The normalized spacial score (nSPS) is 14.6. The lowest BCUT2D eigenvalue weighted by atomic mass is 9.72. The lowest BCUT2D eigenvalue weighted by molar-refractivity contribution is 0.601. The molecular formula is C53H42N2. The predicted octanol–water partition coefficient (Wildman–Crippen LogP) is 14.3. The SMILES string of the molecule is Cc1ccc2c(c1)C(C)(C)c1c-2ccc2c1C(C)(C)c1cc(N(c3ccccc3)c3ccc4c(c3)c3ccccc3n4-c3ccccc3)c3ccccc3c1-2. The van der Waals surface area contributed by atoms with Crippen molar-refractivity contribution in [3.8, 4) is 27.9 Å². The molecule has 55 heavy (non-hydrogen) atoms. The van der Waals surface area contributed by atoms with Crippen LogP contribution in [-0.2, 0) is 10.8 Å². The molecule has 0 radical (unpaired) electrons. The van der Waals surface area contributed by atoms with Gasteiger partial charge in [-0.2, -0.15) is 0 Å². The summed E-state index contributed by atoms with van der Waals surface area (Å²) < 4.78 is 2.39. The van der Waals surface area contributed by atoms with Crippen LogP contribution in [0.2, 0.25) is 0 Å². The van der Waals surface area contributed by atoms with Gasteiger partial charge in [0.2, 0.25) is 0 Å². The maximum absolute atomic E-state index is 2.52. The maximum atomic E-state index is 2.52. The van der Waals surface area contributed by atoms with Crippen LogP contribution in [0.15, 0.2) is 164 Å². The van der Waals surface area contributed by atoms with E-state index < -0.39 is 0 Å². The van der Waals surface area contributed by atoms with Crippen molar-refractivity contribution in [1.29, 1.82) is 0 Å². The molecule has 2 nitrogen and oxygen atoms in total. The lowest BCUT2D eigenvalue weighted by Crippen LogP contribution is -2.24. The Bertz CT molecular complexity index is 3040. The minimum Gasteiger partial charge on any atom is -0.310 e. The molecule has 11 rings (SSSR count). The van der Waals surface area contributed by atoms with Gasteiger partial charge in [-0.1, -0.05) is 142 Å². The minimum absolute atomic E-state index is 0.107. The number of benzene rings is 8. The smallest absolute Gasteiger partial charge is 0.0543 e. The highest BCUT2D eigenvalue weighted by molar-refractivity contribution is 6.13. The molecule has 8 aromatic carbocycles. The number of hydrogen-bond donors (Lipinski definition) is 0. The molecule has 0 bridgehead atoms. The first kappa shape index (κ1) is 32.1. The van der Waals surface area contributed by atoms with Crippen LogP contribution in [0.3, 0.4) is 0 Å². The highest BCUT2D eigenvalue weighted by Crippen LogP contribution is 2.61. The van der Waals surface area contributed by atoms with Gasteiger partial charge in [0.1, 0.15) is 0 Å². The molecule has 0 spiro atoms. The Balaban J connectivity index is 1.17. The zero-order valence-electron chi connectivity index (χ0n) is 32.0. The molecular weight excluding hydrogens is 665 g/mol. The first-order valence-electron chi connectivity index (χ1n) is 19.5. The third-order valence-electron chi connectivity index (χ3n) is 12.7. The van der Waals surface area contributed by atoms with E-state index in [-0.39, 0.29) is 10.8 Å². The molecule has 9 aromatic rings. The highest BCUT2D eigenvalue weighted by Gasteiger charge is 2.46. The van der Waals surface area contributed by atoms with E-state index in [0.717, 1.165) is 11.4 Å². The molecule has 1 heterocycles. The summed E-state index contributed by atoms with van der Waals surface area (Å²) >= 11 is 0. The molecule has 2 heteroatoms. The maximum Gasteiger partial charge on any atom is 0.0543 e. The Labute approximate surface area is 322 Å². The van der Waals surface area contributed by atoms with Crippen LogP contribution in [-0.4, -0.2) is 4.57 Å². The van der Waals surface area contributed by atoms with Crippen LogP contribution in [0.1, 0.15) is 55.5 Å². The summed E-state index contributed by atoms with van der Waals surface area (Å²) in [5.41, 5.74) is 19.3. The number of rotatable bonds is 4. The summed E-state index contributed by atoms with van der Waals surface area (Å²) in [5.74, 6) is 0. The molecule has 0 aliphatic heterocycles. The molecule has 0 saturated carbocycles. The predicted molar refractivity (Wildman–Crippen MR) is 233 cm³/mol. The van der Waals surface area contributed by atoms with Crippen molar-refractivity contribution in [2.24, 2.45) is 0 Å². The molecule has 0 unspecified atom stereocenters. The summed E-state index contributed by atoms with van der Waals surface area (Å²) in [4.78, 5) is 2.49. The average molecular weight is 707 g/mol. The van der Waals surface area contributed by atoms with Crippen LogP contribution in [0, 0.1) is 6.92 Å². The van der Waals surface area contributed by atoms with Crippen molar-refractivity contribution in [2.75, 3.05) is 4.90 Å². The Morgan fingerprint density at radius 3 is 1.82 bits per heavy atom. The van der Waals surface area contributed by atoms with Gasteiger partial charge in [-0.25, -0.2) is 0 Å². The van der Waals surface area contributed by atoms with Gasteiger partial charge in [0.25, 0.3) is 0 Å². The summed E-state index contributed by atoms with van der Waals surface area (Å²) in [7, 11) is 0. The fraction of sp³-hybridized carbons (Fsp3) is 0.132. The quantitative estimate of drug-likeness (QED) is 0.177. The molecule has 2 aliphatic rings. The average Bonchev–Trinajstić information content (AvgIpc) is 3.75. The third-order valence-corrected chi connectivity index (χ3v) is 12.7. The summed E-state index contributed by atoms with van der Waals surface area (Å²) in [6.07, 6.45) is 0. The van der Waals surface area contributed by atoms with E-state index in [9.17, 15) is 0 Å². The van der Waals surface area contributed by atoms with Crippen molar-refractivity contribution in [3.05, 3.63) is 192 Å². The second-order valence-electron chi connectivity index (χ2n) is 16.6. The van der Waals surface area contributed by atoms with Crippen molar-refractivity contribution >= 4 is 49.6 Å². The Kier molecular flexibility index (Phi) is 6.60. The number of anilines is 3. The van der Waals surface area contributed by atoms with E-state index in [2.05, 4.69) is 208 Å². The zero-order valence-corrected chi connectivity index (χ0v) is 32.0. The van der Waals surface area contributed by atoms with Crippen LogP contribution in [0.4, 0.5) is 17.1 Å². The standard InChI is InChI=1S/C53H42N2/c1-33-24-26-37-41-27-28-42-49-40-22-13-12-20-38(40)48(32-45(49)53(4,5)51(42)50(41)52(2,3)44(37)30-33)54(34-16-8-6-9-17-34)36-25-29-47-43(31-36)39-21-14-15-23-46(39)55(47)35-18-10-7-11-19-35/h6-32H,1-5H3. The number of aromatic nitrogens is 1. The van der Waals surface area contributed by atoms with Crippen molar-refractivity contribution in [3.63, 3.8) is 0 Å². The highest BCUT2D eigenvalue weighted by atomic mass is 15.1. The van der Waals surface area contributed by atoms with Crippen LogP contribution in [0.5, 0.6) is 0 Å². The molecule has 2 aliphatic carbocycles. The van der Waals surface area contributed by atoms with Gasteiger partial charge in [-0.05, 0) is 111 Å². The van der Waals surface area contributed by atoms with Crippen LogP contribution < -0.4 is 4.90 Å². The molecule has 0 saturated heterocycles. The van der Waals surface area contributed by atoms with Crippen molar-refractivity contribution < 1.29 is 0 Å². The summed E-state index contributed by atoms with van der Waals surface area (Å²) in [5, 5.41) is 5.04. The molecule has 0 amide bonds. The summed E-state index contributed by atoms with van der Waals surface area (Å²) in [6, 6.07) is 60.9. The zero-order chi connectivity index (χ0) is 37.2. The first-order chi connectivity index (χ1) is 26.7. The summed E-state index contributed by atoms with van der Waals surface area (Å²) in [6.45, 7) is 12.0. The van der Waals surface area contributed by atoms with Crippen molar-refractivity contribution in [2.45, 2.75) is 45.4 Å². The molecule has 264 valence electrons. The van der Waals surface area contributed by atoms with Gasteiger partial charge in [0.05, 0.1) is 16.7 Å². The van der Waals surface area contributed by atoms with Crippen LogP contribution in [0.25, 0.3) is 60.5 Å². The second-order valence-corrected chi connectivity index (χ2v) is 16.6. The van der Waals surface area contributed by atoms with E-state index in [1.807, 2.05) is 0 Å². The number of nitrogens with zero attached hydrogens (tertiary/aromatic N) is 2. The van der Waals surface area contributed by atoms with Gasteiger partial charge < -0.3 is 9.47 Å². The molecule has 0 atom stereocenters. The van der Waals surface area contributed by atoms with Gasteiger partial charge in [-0.15, -0.1) is 0 Å². The van der Waals surface area contributed by atoms with Gasteiger partial charge in [-0.3, -0.25) is 0 Å². The minimum atomic E-state index is -0.224. The Hall–Kier alpha value is -6.38. The Morgan fingerprint density at radius 1 is 0.436 bits per heavy atom. The first-order valence-corrected chi connectivity index (χ1v) is 19.5. The largest absolute Gasteiger partial charge is 0.310 e. The third kappa shape index (κ3) is 4.37. The van der Waals surface area contributed by atoms with Gasteiger partial charge in [0, 0.05) is 44.1 Å². The monoisotopic (exact) mass is 706 g/mol. The van der Waals surface area contributed by atoms with E-state index >= 15 is 0 Å². The fourth-order valence-electron chi connectivity index (χ4n) is 10.3. The number of aryl methyl sites for hydroxylation is 1. The second kappa shape index (κ2) is 11.3. The van der Waals surface area contributed by atoms with Crippen LogP contribution >= 0.6 is 0 Å².